The number of nitrogens with one attached hydrogen (secondary N) is 3. The molecule has 0 atom stereocenters. The lowest BCUT2D eigenvalue weighted by molar-refractivity contribution is -0.115. The van der Waals surface area contributed by atoms with E-state index in [1.165, 1.54) is 19.4 Å². The average Bonchev–Trinajstić information content (AvgIpc) is 3.05. The molecule has 7 nitrogen and oxygen atoms in total. The number of aromatic nitrogens is 2. The van der Waals surface area contributed by atoms with Gasteiger partial charge in [-0.15, -0.1) is 0 Å². The summed E-state index contributed by atoms with van der Waals surface area (Å²) in [5.41, 5.74) is 2.77. The summed E-state index contributed by atoms with van der Waals surface area (Å²) in [5, 5.41) is 9.29. The maximum absolute atomic E-state index is 11.5. The zero-order valence-corrected chi connectivity index (χ0v) is 14.1. The number of benzene rings is 1. The van der Waals surface area contributed by atoms with Gasteiger partial charge in [-0.25, -0.2) is 4.98 Å². The summed E-state index contributed by atoms with van der Waals surface area (Å²) in [5.74, 6) is 0.00766. The molecule has 0 spiro atoms. The van der Waals surface area contributed by atoms with E-state index in [1.54, 1.807) is 0 Å². The van der Waals surface area contributed by atoms with Gasteiger partial charge in [-0.1, -0.05) is 18.2 Å². The Bertz CT molecular complexity index is 902. The summed E-state index contributed by atoms with van der Waals surface area (Å²) >= 11 is 0. The van der Waals surface area contributed by atoms with Gasteiger partial charge < -0.3 is 10.6 Å². The molecule has 1 aliphatic carbocycles. The quantitative estimate of drug-likeness (QED) is 0.780. The first kappa shape index (κ1) is 16.6. The lowest BCUT2D eigenvalue weighted by Crippen LogP contribution is -2.13. The van der Waals surface area contributed by atoms with Gasteiger partial charge in [0.05, 0.1) is 5.52 Å². The van der Waals surface area contributed by atoms with Crippen LogP contribution in [-0.2, 0) is 9.59 Å². The van der Waals surface area contributed by atoms with E-state index in [2.05, 4.69) is 44.1 Å². The van der Waals surface area contributed by atoms with Crippen LogP contribution in [0, 0.1) is 0 Å². The van der Waals surface area contributed by atoms with Gasteiger partial charge in [0.2, 0.25) is 17.8 Å². The molecule has 128 valence electrons. The number of hydrogen-bond donors (Lipinski definition) is 3. The second-order valence-corrected chi connectivity index (χ2v) is 5.76. The molecule has 2 aromatic rings. The molecule has 0 unspecified atom stereocenters. The molecular formula is C18H19N5O2. The van der Waals surface area contributed by atoms with E-state index in [0.717, 1.165) is 18.7 Å². The molecule has 7 heteroatoms. The van der Waals surface area contributed by atoms with Crippen LogP contribution in [-0.4, -0.2) is 28.3 Å². The third-order valence-corrected chi connectivity index (χ3v) is 3.62. The van der Waals surface area contributed by atoms with Crippen molar-refractivity contribution < 1.29 is 9.59 Å². The summed E-state index contributed by atoms with van der Waals surface area (Å²) in [6.07, 6.45) is 7.35. The van der Waals surface area contributed by atoms with Gasteiger partial charge >= 0.3 is 0 Å². The molecule has 0 saturated heterocycles. The van der Waals surface area contributed by atoms with Crippen molar-refractivity contribution in [3.05, 3.63) is 42.0 Å². The number of nitrogens with zero attached hydrogens (tertiary/aromatic N) is 2. The minimum atomic E-state index is -0.274. The van der Waals surface area contributed by atoms with E-state index in [0.29, 0.717) is 16.7 Å². The molecule has 3 rings (SSSR count). The monoisotopic (exact) mass is 337 g/mol. The van der Waals surface area contributed by atoms with Crippen LogP contribution in [0.5, 0.6) is 0 Å². The van der Waals surface area contributed by atoms with Crippen LogP contribution in [0.15, 0.2) is 42.0 Å². The average molecular weight is 337 g/mol. The Kier molecular flexibility index (Phi) is 4.74. The zero-order chi connectivity index (χ0) is 17.8. The molecule has 0 fully saturated rings. The van der Waals surface area contributed by atoms with Crippen molar-refractivity contribution in [2.45, 2.75) is 20.3 Å². The number of fused-ring (bicyclic) bond motifs is 1. The standard InChI is InChI=1S/C18H19N5O2/c1-11(24)20-17-15-9-14(19-10-13-5-3-4-6-13)7-8-16(15)22-18(23-17)21-12(2)25/h3,5-9,19H,4,10H2,1-2H3,(H2,20,21,22,23,24,25). The largest absolute Gasteiger partial charge is 0.381 e. The highest BCUT2D eigenvalue weighted by Crippen LogP contribution is 2.26. The fraction of sp³-hybridized carbons (Fsp3) is 0.222. The Morgan fingerprint density at radius 3 is 2.60 bits per heavy atom. The van der Waals surface area contributed by atoms with Gasteiger partial charge in [-0.05, 0) is 30.2 Å². The molecule has 0 saturated carbocycles. The number of carbonyl (C=O) groups excluding carboxylic acids is 2. The normalized spacial score (nSPS) is 12.8. The molecular weight excluding hydrogens is 318 g/mol. The predicted molar refractivity (Wildman–Crippen MR) is 98.5 cm³/mol. The minimum Gasteiger partial charge on any atom is -0.381 e. The molecule has 25 heavy (non-hydrogen) atoms. The second-order valence-electron chi connectivity index (χ2n) is 5.76. The van der Waals surface area contributed by atoms with Crippen molar-refractivity contribution >= 4 is 40.2 Å². The maximum Gasteiger partial charge on any atom is 0.231 e. The summed E-state index contributed by atoms with van der Waals surface area (Å²) in [7, 11) is 0. The lowest BCUT2D eigenvalue weighted by Gasteiger charge is -2.11. The van der Waals surface area contributed by atoms with E-state index >= 15 is 0 Å². The number of rotatable bonds is 5. The van der Waals surface area contributed by atoms with Crippen LogP contribution >= 0.6 is 0 Å². The Labute approximate surface area is 145 Å². The first-order chi connectivity index (χ1) is 12.0. The summed E-state index contributed by atoms with van der Waals surface area (Å²) in [6.45, 7) is 3.51. The van der Waals surface area contributed by atoms with Crippen LogP contribution in [0.1, 0.15) is 20.3 Å². The Morgan fingerprint density at radius 1 is 1.12 bits per heavy atom. The summed E-state index contributed by atoms with van der Waals surface area (Å²) in [4.78, 5) is 31.3. The van der Waals surface area contributed by atoms with Crippen LogP contribution in [0.25, 0.3) is 10.9 Å². The SMILES string of the molecule is CC(=O)Nc1nc(NC(C)=O)c2cc(NCC3=CCC=C3)ccc2n1. The third kappa shape index (κ3) is 4.20. The molecule has 1 heterocycles. The van der Waals surface area contributed by atoms with E-state index in [1.807, 2.05) is 18.2 Å². The first-order valence-electron chi connectivity index (χ1n) is 7.97. The van der Waals surface area contributed by atoms with Gasteiger partial charge in [0.15, 0.2) is 0 Å². The molecule has 0 aliphatic heterocycles. The Morgan fingerprint density at radius 2 is 1.92 bits per heavy atom. The van der Waals surface area contributed by atoms with Crippen molar-refractivity contribution in [1.82, 2.24) is 9.97 Å². The fourth-order valence-electron chi connectivity index (χ4n) is 2.56. The number of anilines is 3. The van der Waals surface area contributed by atoms with Gasteiger partial charge in [0.25, 0.3) is 0 Å². The number of carbonyl (C=O) groups is 2. The predicted octanol–water partition coefficient (Wildman–Crippen LogP) is 2.84. The van der Waals surface area contributed by atoms with Crippen LogP contribution < -0.4 is 16.0 Å². The summed E-state index contributed by atoms with van der Waals surface area (Å²) in [6, 6.07) is 5.62. The topological polar surface area (TPSA) is 96.0 Å². The minimum absolute atomic E-state index is 0.158. The summed E-state index contributed by atoms with van der Waals surface area (Å²) < 4.78 is 0. The zero-order valence-electron chi connectivity index (χ0n) is 14.1. The number of allylic oxidation sites excluding steroid dienone is 2. The molecule has 0 radical (unpaired) electrons. The maximum atomic E-state index is 11.5. The molecule has 0 bridgehead atoms. The smallest absolute Gasteiger partial charge is 0.231 e. The van der Waals surface area contributed by atoms with Crippen molar-refractivity contribution in [2.24, 2.45) is 0 Å². The second kappa shape index (κ2) is 7.12. The number of hydrogen-bond acceptors (Lipinski definition) is 5. The van der Waals surface area contributed by atoms with Crippen LogP contribution in [0.3, 0.4) is 0 Å². The van der Waals surface area contributed by atoms with Gasteiger partial charge in [0.1, 0.15) is 5.82 Å². The molecule has 2 amide bonds. The van der Waals surface area contributed by atoms with E-state index in [4.69, 9.17) is 0 Å². The van der Waals surface area contributed by atoms with Crippen LogP contribution in [0.4, 0.5) is 17.5 Å². The Balaban J connectivity index is 1.93. The van der Waals surface area contributed by atoms with E-state index in [9.17, 15) is 9.59 Å². The van der Waals surface area contributed by atoms with Crippen LogP contribution in [0.2, 0.25) is 0 Å². The highest BCUT2D eigenvalue weighted by Gasteiger charge is 2.11. The van der Waals surface area contributed by atoms with Gasteiger partial charge in [-0.2, -0.15) is 4.98 Å². The van der Waals surface area contributed by atoms with Crippen molar-refractivity contribution in [2.75, 3.05) is 22.5 Å². The van der Waals surface area contributed by atoms with Gasteiger partial charge in [0, 0.05) is 31.5 Å². The molecule has 1 aromatic carbocycles. The highest BCUT2D eigenvalue weighted by molar-refractivity contribution is 6.00. The Hall–Kier alpha value is -3.22. The van der Waals surface area contributed by atoms with Crippen molar-refractivity contribution in [3.63, 3.8) is 0 Å². The van der Waals surface area contributed by atoms with Crippen molar-refractivity contribution in [1.29, 1.82) is 0 Å². The van der Waals surface area contributed by atoms with Gasteiger partial charge in [-0.3, -0.25) is 14.9 Å². The molecule has 1 aromatic heterocycles. The molecule has 1 aliphatic rings. The first-order valence-corrected chi connectivity index (χ1v) is 7.97. The number of amides is 2. The highest BCUT2D eigenvalue weighted by atomic mass is 16.2. The molecule has 3 N–H and O–H groups in total. The van der Waals surface area contributed by atoms with Crippen molar-refractivity contribution in [3.8, 4) is 0 Å². The third-order valence-electron chi connectivity index (χ3n) is 3.62. The lowest BCUT2D eigenvalue weighted by atomic mass is 10.2. The fourth-order valence-corrected chi connectivity index (χ4v) is 2.56. The van der Waals surface area contributed by atoms with E-state index < -0.39 is 0 Å². The van der Waals surface area contributed by atoms with E-state index in [-0.39, 0.29) is 17.8 Å².